The summed E-state index contributed by atoms with van der Waals surface area (Å²) in [5.74, 6) is 0.281. The molecule has 2 rings (SSSR count). The van der Waals surface area contributed by atoms with Crippen molar-refractivity contribution in [2.24, 2.45) is 10.9 Å². The minimum Gasteiger partial charge on any atom is -0.409 e. The van der Waals surface area contributed by atoms with Crippen LogP contribution in [0.4, 0.5) is 15.9 Å². The predicted octanol–water partition coefficient (Wildman–Crippen LogP) is 1.83. The number of carbonyl (C=O) groups excluding carboxylic acids is 1. The zero-order valence-corrected chi connectivity index (χ0v) is 17.9. The Bertz CT molecular complexity index is 852. The molecule has 6 N–H and O–H groups in total. The molecule has 0 radical (unpaired) electrons. The van der Waals surface area contributed by atoms with E-state index in [1.165, 1.54) is 18.2 Å². The number of rotatable bonds is 10. The van der Waals surface area contributed by atoms with Crippen molar-refractivity contribution in [2.45, 2.75) is 12.5 Å². The largest absolute Gasteiger partial charge is 0.409 e. The molecular formula is C16H21BrFN7O3S. The molecule has 0 aliphatic rings. The zero-order valence-electron chi connectivity index (χ0n) is 15.5. The Hall–Kier alpha value is -2.38. The van der Waals surface area contributed by atoms with Gasteiger partial charge in [-0.05, 0) is 62.9 Å². The number of anilines is 2. The van der Waals surface area contributed by atoms with Gasteiger partial charge in [0, 0.05) is 18.8 Å². The van der Waals surface area contributed by atoms with Gasteiger partial charge in [0.05, 0.1) is 10.5 Å². The second-order valence-electron chi connectivity index (χ2n) is 5.77. The van der Waals surface area contributed by atoms with Gasteiger partial charge in [-0.3, -0.25) is 4.79 Å². The second-order valence-corrected chi connectivity index (χ2v) is 7.61. The SMILES string of the molecule is CSCC[C@H](N)C(=O)NCCNc1nonc1/C(=N/O)Nc1ccc(F)c(Br)c1. The number of carbonyl (C=O) groups is 1. The van der Waals surface area contributed by atoms with Crippen LogP contribution in [0.3, 0.4) is 0 Å². The number of thioether (sulfide) groups is 1. The Morgan fingerprint density at radius 3 is 2.93 bits per heavy atom. The summed E-state index contributed by atoms with van der Waals surface area (Å²) >= 11 is 4.70. The van der Waals surface area contributed by atoms with Crippen LogP contribution in [0.5, 0.6) is 0 Å². The monoisotopic (exact) mass is 489 g/mol. The molecule has 158 valence electrons. The number of nitrogens with one attached hydrogen (secondary N) is 3. The van der Waals surface area contributed by atoms with E-state index < -0.39 is 11.9 Å². The molecule has 1 aromatic heterocycles. The molecule has 0 spiro atoms. The molecule has 0 aliphatic heterocycles. The van der Waals surface area contributed by atoms with Gasteiger partial charge in [0.25, 0.3) is 0 Å². The first-order chi connectivity index (χ1) is 14.0. The molecule has 1 aromatic carbocycles. The lowest BCUT2D eigenvalue weighted by Crippen LogP contribution is -2.42. The van der Waals surface area contributed by atoms with Crippen LogP contribution in [-0.4, -0.2) is 58.4 Å². The highest BCUT2D eigenvalue weighted by Gasteiger charge is 2.18. The van der Waals surface area contributed by atoms with Gasteiger partial charge < -0.3 is 26.9 Å². The molecule has 10 nitrogen and oxygen atoms in total. The smallest absolute Gasteiger partial charge is 0.237 e. The van der Waals surface area contributed by atoms with E-state index in [0.29, 0.717) is 25.2 Å². The van der Waals surface area contributed by atoms with Gasteiger partial charge in [-0.1, -0.05) is 5.16 Å². The summed E-state index contributed by atoms with van der Waals surface area (Å²) < 4.78 is 18.3. The highest BCUT2D eigenvalue weighted by atomic mass is 79.9. The third-order valence-corrected chi connectivity index (χ3v) is 4.93. The number of amidine groups is 1. The fourth-order valence-corrected chi connectivity index (χ4v) is 3.04. The van der Waals surface area contributed by atoms with Crippen molar-refractivity contribution in [3.63, 3.8) is 0 Å². The Morgan fingerprint density at radius 1 is 1.45 bits per heavy atom. The highest BCUT2D eigenvalue weighted by Crippen LogP contribution is 2.21. The van der Waals surface area contributed by atoms with E-state index in [-0.39, 0.29) is 27.7 Å². The maximum Gasteiger partial charge on any atom is 0.237 e. The zero-order chi connectivity index (χ0) is 21.2. The van der Waals surface area contributed by atoms with E-state index in [1.54, 1.807) is 11.8 Å². The quantitative estimate of drug-likeness (QED) is 0.110. The van der Waals surface area contributed by atoms with Crippen molar-refractivity contribution in [3.05, 3.63) is 34.2 Å². The highest BCUT2D eigenvalue weighted by molar-refractivity contribution is 9.10. The van der Waals surface area contributed by atoms with Gasteiger partial charge in [-0.25, -0.2) is 9.02 Å². The maximum absolute atomic E-state index is 13.4. The normalized spacial score (nSPS) is 12.5. The summed E-state index contributed by atoms with van der Waals surface area (Å²) in [6.07, 6.45) is 2.55. The van der Waals surface area contributed by atoms with Crippen LogP contribution >= 0.6 is 27.7 Å². The number of halogens is 2. The van der Waals surface area contributed by atoms with E-state index in [9.17, 15) is 14.4 Å². The Labute approximate surface area is 178 Å². The summed E-state index contributed by atoms with van der Waals surface area (Å²) in [6.45, 7) is 0.602. The van der Waals surface area contributed by atoms with Crippen LogP contribution in [0.25, 0.3) is 0 Å². The number of oxime groups is 1. The molecule has 0 fully saturated rings. The van der Waals surface area contributed by atoms with Gasteiger partial charge in [0.1, 0.15) is 5.82 Å². The topological polar surface area (TPSA) is 151 Å². The lowest BCUT2D eigenvalue weighted by Gasteiger charge is -2.12. The first kappa shape index (κ1) is 22.9. The van der Waals surface area contributed by atoms with Gasteiger partial charge >= 0.3 is 0 Å². The molecule has 0 saturated carbocycles. The van der Waals surface area contributed by atoms with E-state index in [4.69, 9.17) is 10.4 Å². The number of nitrogens with zero attached hydrogens (tertiary/aromatic N) is 3. The Kier molecular flexibility index (Phi) is 9.15. The van der Waals surface area contributed by atoms with Crippen LogP contribution in [0.15, 0.2) is 32.5 Å². The maximum atomic E-state index is 13.4. The van der Waals surface area contributed by atoms with Crippen molar-refractivity contribution < 1.29 is 19.0 Å². The van der Waals surface area contributed by atoms with E-state index in [0.717, 1.165) is 5.75 Å². The molecule has 1 atom stereocenters. The van der Waals surface area contributed by atoms with E-state index in [1.807, 2.05) is 6.26 Å². The Balaban J connectivity index is 1.90. The summed E-state index contributed by atoms with van der Waals surface area (Å²) in [5.41, 5.74) is 6.35. The number of benzene rings is 1. The Morgan fingerprint density at radius 2 is 2.24 bits per heavy atom. The third kappa shape index (κ3) is 6.87. The summed E-state index contributed by atoms with van der Waals surface area (Å²) in [4.78, 5) is 11.9. The molecule has 0 aliphatic carbocycles. The van der Waals surface area contributed by atoms with Crippen LogP contribution in [0.2, 0.25) is 0 Å². The minimum atomic E-state index is -0.556. The van der Waals surface area contributed by atoms with Crippen molar-refractivity contribution in [1.82, 2.24) is 15.6 Å². The van der Waals surface area contributed by atoms with Crippen molar-refractivity contribution in [3.8, 4) is 0 Å². The molecule has 1 heterocycles. The molecule has 0 unspecified atom stereocenters. The molecule has 2 aromatic rings. The molecule has 1 amide bonds. The van der Waals surface area contributed by atoms with E-state index >= 15 is 0 Å². The number of nitrogens with two attached hydrogens (primary N) is 1. The average Bonchev–Trinajstić information content (AvgIpc) is 3.18. The van der Waals surface area contributed by atoms with E-state index in [2.05, 4.69) is 47.3 Å². The van der Waals surface area contributed by atoms with Gasteiger partial charge in [-0.2, -0.15) is 11.8 Å². The summed E-state index contributed by atoms with van der Waals surface area (Å²) in [6, 6.07) is 3.62. The number of hydrogen-bond donors (Lipinski definition) is 5. The standard InChI is InChI=1S/C16H21BrFN7O3S/c1-29-7-4-12(19)16(26)21-6-5-20-14-13(24-28-25-14)15(23-27)22-9-2-3-11(18)10(17)8-9/h2-3,8,12,27H,4-7,19H2,1H3,(H,20,25)(H,21,26)(H,22,23)/t12-/m0/s1. The third-order valence-electron chi connectivity index (χ3n) is 3.68. The van der Waals surface area contributed by atoms with Crippen LogP contribution in [-0.2, 0) is 4.79 Å². The van der Waals surface area contributed by atoms with Gasteiger partial charge in [0.2, 0.25) is 17.6 Å². The molecular weight excluding hydrogens is 469 g/mol. The molecule has 29 heavy (non-hydrogen) atoms. The lowest BCUT2D eigenvalue weighted by atomic mass is 10.2. The number of aromatic nitrogens is 2. The van der Waals surface area contributed by atoms with Gasteiger partial charge in [-0.15, -0.1) is 0 Å². The summed E-state index contributed by atoms with van der Waals surface area (Å²) in [5, 5.41) is 28.3. The predicted molar refractivity (Wildman–Crippen MR) is 113 cm³/mol. The first-order valence-electron chi connectivity index (χ1n) is 8.49. The molecule has 0 saturated heterocycles. The van der Waals surface area contributed by atoms with Crippen LogP contribution in [0.1, 0.15) is 12.1 Å². The molecule has 0 bridgehead atoms. The lowest BCUT2D eigenvalue weighted by molar-refractivity contribution is -0.122. The average molecular weight is 490 g/mol. The van der Waals surface area contributed by atoms with Crippen molar-refractivity contribution >= 4 is 50.9 Å². The van der Waals surface area contributed by atoms with Crippen molar-refractivity contribution in [2.75, 3.05) is 35.7 Å². The first-order valence-corrected chi connectivity index (χ1v) is 10.7. The number of amides is 1. The second kappa shape index (κ2) is 11.6. The van der Waals surface area contributed by atoms with Crippen LogP contribution in [0, 0.1) is 5.82 Å². The van der Waals surface area contributed by atoms with Crippen molar-refractivity contribution in [1.29, 1.82) is 0 Å². The van der Waals surface area contributed by atoms with Gasteiger partial charge in [0.15, 0.2) is 5.69 Å². The minimum absolute atomic E-state index is 0.0598. The molecule has 13 heteroatoms. The van der Waals surface area contributed by atoms with Crippen LogP contribution < -0.4 is 21.7 Å². The fourth-order valence-electron chi connectivity index (χ4n) is 2.18. The fraction of sp³-hybridized carbons (Fsp3) is 0.375. The number of hydrogen-bond acceptors (Lipinski definition) is 9. The summed E-state index contributed by atoms with van der Waals surface area (Å²) in [7, 11) is 0.